The molecule has 2 rings (SSSR count). The van der Waals surface area contributed by atoms with E-state index in [0.29, 0.717) is 0 Å². The number of thioether (sulfide) groups is 1. The van der Waals surface area contributed by atoms with Crippen LogP contribution in [0.3, 0.4) is 0 Å². The normalized spacial score (nSPS) is 10.3. The van der Waals surface area contributed by atoms with Crippen LogP contribution in [0, 0.1) is 0 Å². The average molecular weight is 258 g/mol. The third-order valence-corrected chi connectivity index (χ3v) is 3.88. The van der Waals surface area contributed by atoms with Gasteiger partial charge in [0, 0.05) is 4.90 Å². The molecule has 0 aliphatic rings. The van der Waals surface area contributed by atoms with E-state index in [9.17, 15) is 0 Å². The van der Waals surface area contributed by atoms with E-state index in [2.05, 4.69) is 42.5 Å². The molecule has 0 N–H and O–H groups in total. The van der Waals surface area contributed by atoms with Crippen molar-refractivity contribution in [3.8, 4) is 5.75 Å². The molecule has 0 aliphatic heterocycles. The monoisotopic (exact) mass is 258 g/mol. The number of rotatable bonds is 6. The molecule has 0 heterocycles. The van der Waals surface area contributed by atoms with E-state index in [4.69, 9.17) is 4.74 Å². The van der Waals surface area contributed by atoms with Crippen LogP contribution in [0.5, 0.6) is 5.75 Å². The molecule has 0 unspecified atom stereocenters. The van der Waals surface area contributed by atoms with Crippen LogP contribution in [0.4, 0.5) is 0 Å². The zero-order valence-electron chi connectivity index (χ0n) is 10.6. The fourth-order valence-electron chi connectivity index (χ4n) is 1.78. The molecule has 94 valence electrons. The van der Waals surface area contributed by atoms with Crippen molar-refractivity contribution in [3.05, 3.63) is 60.2 Å². The smallest absolute Gasteiger partial charge is 0.118 e. The molecule has 1 nitrogen and oxygen atoms in total. The summed E-state index contributed by atoms with van der Waals surface area (Å²) in [5.74, 6) is 2.07. The highest BCUT2D eigenvalue weighted by atomic mass is 32.2. The summed E-state index contributed by atoms with van der Waals surface area (Å²) in [6.07, 6.45) is 2.37. The van der Waals surface area contributed by atoms with Crippen molar-refractivity contribution in [1.82, 2.24) is 0 Å². The summed E-state index contributed by atoms with van der Waals surface area (Å²) in [5, 5.41) is 0. The molecule has 0 atom stereocenters. The number of benzene rings is 2. The molecule has 0 saturated heterocycles. The zero-order valence-corrected chi connectivity index (χ0v) is 11.5. The zero-order chi connectivity index (χ0) is 12.6. The fourth-order valence-corrected chi connectivity index (χ4v) is 2.64. The Morgan fingerprint density at radius 1 is 0.944 bits per heavy atom. The van der Waals surface area contributed by atoms with Crippen molar-refractivity contribution in [2.24, 2.45) is 0 Å². The highest BCUT2D eigenvalue weighted by molar-refractivity contribution is 7.99. The molecule has 0 fully saturated rings. The summed E-state index contributed by atoms with van der Waals surface area (Å²) < 4.78 is 5.14. The highest BCUT2D eigenvalue weighted by Crippen LogP contribution is 2.22. The summed E-state index contributed by atoms with van der Waals surface area (Å²) in [6.45, 7) is 0. The minimum absolute atomic E-state index is 0.920. The first-order chi connectivity index (χ1) is 8.88. The minimum Gasteiger partial charge on any atom is -0.497 e. The molecule has 0 bridgehead atoms. The van der Waals surface area contributed by atoms with Gasteiger partial charge in [0.25, 0.3) is 0 Å². The van der Waals surface area contributed by atoms with Crippen LogP contribution in [-0.4, -0.2) is 12.9 Å². The number of methoxy groups -OCH3 is 1. The van der Waals surface area contributed by atoms with E-state index >= 15 is 0 Å². The van der Waals surface area contributed by atoms with Crippen molar-refractivity contribution < 1.29 is 4.74 Å². The number of hydrogen-bond acceptors (Lipinski definition) is 2. The first-order valence-electron chi connectivity index (χ1n) is 6.19. The lowest BCUT2D eigenvalue weighted by Gasteiger charge is -2.04. The predicted octanol–water partition coefficient (Wildman–Crippen LogP) is 4.42. The topological polar surface area (TPSA) is 9.23 Å². The Morgan fingerprint density at radius 3 is 2.33 bits per heavy atom. The van der Waals surface area contributed by atoms with E-state index in [1.807, 2.05) is 23.9 Å². The summed E-state index contributed by atoms with van der Waals surface area (Å²) in [4.78, 5) is 1.31. The lowest BCUT2D eigenvalue weighted by atomic mass is 10.1. The Kier molecular flexibility index (Phi) is 5.15. The van der Waals surface area contributed by atoms with Gasteiger partial charge >= 0.3 is 0 Å². The third kappa shape index (κ3) is 4.11. The molecule has 0 aliphatic carbocycles. The molecule has 0 spiro atoms. The third-order valence-electron chi connectivity index (χ3n) is 2.78. The number of ether oxygens (including phenoxy) is 1. The van der Waals surface area contributed by atoms with Crippen molar-refractivity contribution in [2.45, 2.75) is 17.7 Å². The first-order valence-corrected chi connectivity index (χ1v) is 7.18. The van der Waals surface area contributed by atoms with Crippen molar-refractivity contribution in [3.63, 3.8) is 0 Å². The van der Waals surface area contributed by atoms with E-state index in [1.54, 1.807) is 7.11 Å². The second kappa shape index (κ2) is 7.12. The standard InChI is InChI=1S/C16H18OS/c1-17-15-9-11-16(12-10-15)18-13-5-8-14-6-3-2-4-7-14/h2-4,6-7,9-12H,5,8,13H2,1H3. The van der Waals surface area contributed by atoms with Gasteiger partial charge in [-0.3, -0.25) is 0 Å². The van der Waals surface area contributed by atoms with Gasteiger partial charge in [0.05, 0.1) is 7.11 Å². The molecular weight excluding hydrogens is 240 g/mol. The quantitative estimate of drug-likeness (QED) is 0.560. The molecule has 18 heavy (non-hydrogen) atoms. The van der Waals surface area contributed by atoms with Gasteiger partial charge in [-0.25, -0.2) is 0 Å². The maximum Gasteiger partial charge on any atom is 0.118 e. The van der Waals surface area contributed by atoms with Gasteiger partial charge < -0.3 is 4.74 Å². The van der Waals surface area contributed by atoms with Gasteiger partial charge in [-0.05, 0) is 48.4 Å². The second-order valence-electron chi connectivity index (χ2n) is 4.11. The summed E-state index contributed by atoms with van der Waals surface area (Å²) in [6, 6.07) is 18.9. The largest absolute Gasteiger partial charge is 0.497 e. The van der Waals surface area contributed by atoms with Crippen LogP contribution in [-0.2, 0) is 6.42 Å². The number of hydrogen-bond donors (Lipinski definition) is 0. The summed E-state index contributed by atoms with van der Waals surface area (Å²) in [7, 11) is 1.70. The Labute approximate surface area is 113 Å². The second-order valence-corrected chi connectivity index (χ2v) is 5.28. The lowest BCUT2D eigenvalue weighted by Crippen LogP contribution is -1.87. The Morgan fingerprint density at radius 2 is 1.67 bits per heavy atom. The maximum atomic E-state index is 5.14. The van der Waals surface area contributed by atoms with Gasteiger partial charge in [0.2, 0.25) is 0 Å². The van der Waals surface area contributed by atoms with Crippen molar-refractivity contribution >= 4 is 11.8 Å². The molecule has 2 aromatic carbocycles. The molecule has 2 heteroatoms. The SMILES string of the molecule is COc1ccc(SCCCc2ccccc2)cc1. The molecule has 0 aromatic heterocycles. The first kappa shape index (κ1) is 13.0. The lowest BCUT2D eigenvalue weighted by molar-refractivity contribution is 0.414. The van der Waals surface area contributed by atoms with E-state index < -0.39 is 0 Å². The molecule has 2 aromatic rings. The number of aryl methyl sites for hydroxylation is 1. The average Bonchev–Trinajstić information content (AvgIpc) is 2.45. The molecule has 0 amide bonds. The Bertz CT molecular complexity index is 450. The van der Waals surface area contributed by atoms with Gasteiger partial charge in [0.15, 0.2) is 0 Å². The van der Waals surface area contributed by atoms with Gasteiger partial charge in [-0.1, -0.05) is 30.3 Å². The Hall–Kier alpha value is -1.41. The van der Waals surface area contributed by atoms with Gasteiger partial charge in [-0.2, -0.15) is 0 Å². The van der Waals surface area contributed by atoms with Crippen LogP contribution >= 0.6 is 11.8 Å². The molecule has 0 radical (unpaired) electrons. The Balaban J connectivity index is 1.72. The predicted molar refractivity (Wildman–Crippen MR) is 78.5 cm³/mol. The van der Waals surface area contributed by atoms with Crippen LogP contribution in [0.15, 0.2) is 59.5 Å². The maximum absolute atomic E-state index is 5.14. The van der Waals surface area contributed by atoms with E-state index in [1.165, 1.54) is 16.9 Å². The van der Waals surface area contributed by atoms with E-state index in [-0.39, 0.29) is 0 Å². The van der Waals surface area contributed by atoms with Crippen LogP contribution in [0.2, 0.25) is 0 Å². The van der Waals surface area contributed by atoms with Crippen molar-refractivity contribution in [2.75, 3.05) is 12.9 Å². The van der Waals surface area contributed by atoms with Gasteiger partial charge in [-0.15, -0.1) is 11.8 Å². The molecule has 0 saturated carbocycles. The van der Waals surface area contributed by atoms with Crippen LogP contribution in [0.1, 0.15) is 12.0 Å². The van der Waals surface area contributed by atoms with Gasteiger partial charge in [0.1, 0.15) is 5.75 Å². The fraction of sp³-hybridized carbons (Fsp3) is 0.250. The summed E-state index contributed by atoms with van der Waals surface area (Å²) in [5.41, 5.74) is 1.42. The summed E-state index contributed by atoms with van der Waals surface area (Å²) >= 11 is 1.90. The van der Waals surface area contributed by atoms with E-state index in [0.717, 1.165) is 17.9 Å². The highest BCUT2D eigenvalue weighted by Gasteiger charge is 1.96. The molecular formula is C16H18OS. The van der Waals surface area contributed by atoms with Crippen LogP contribution < -0.4 is 4.74 Å². The van der Waals surface area contributed by atoms with Crippen LogP contribution in [0.25, 0.3) is 0 Å². The van der Waals surface area contributed by atoms with Crippen molar-refractivity contribution in [1.29, 1.82) is 0 Å². The minimum atomic E-state index is 0.920.